The molecule has 1 amide bonds. The SMILES string of the molecule is C/C=N/C(=O)c1ccc2ccccc2c1. The largest absolute Gasteiger partial charge is 0.276 e. The first kappa shape index (κ1) is 9.59. The summed E-state index contributed by atoms with van der Waals surface area (Å²) in [7, 11) is 0. The number of benzene rings is 2. The van der Waals surface area contributed by atoms with Crippen LogP contribution < -0.4 is 0 Å². The molecule has 0 aromatic heterocycles. The van der Waals surface area contributed by atoms with Gasteiger partial charge in [-0.2, -0.15) is 0 Å². The number of nitrogens with zero attached hydrogens (tertiary/aromatic N) is 1. The van der Waals surface area contributed by atoms with Crippen molar-refractivity contribution in [2.45, 2.75) is 6.92 Å². The van der Waals surface area contributed by atoms with E-state index in [0.29, 0.717) is 5.56 Å². The second kappa shape index (κ2) is 4.05. The van der Waals surface area contributed by atoms with Crippen molar-refractivity contribution >= 4 is 22.9 Å². The molecule has 0 heterocycles. The number of fused-ring (bicyclic) bond motifs is 1. The average Bonchev–Trinajstić information content (AvgIpc) is 2.29. The lowest BCUT2D eigenvalue weighted by atomic mass is 10.1. The first-order valence-electron chi connectivity index (χ1n) is 4.83. The van der Waals surface area contributed by atoms with Crippen LogP contribution in [0.2, 0.25) is 0 Å². The van der Waals surface area contributed by atoms with Gasteiger partial charge >= 0.3 is 0 Å². The summed E-state index contributed by atoms with van der Waals surface area (Å²) >= 11 is 0. The predicted molar refractivity (Wildman–Crippen MR) is 62.4 cm³/mol. The quantitative estimate of drug-likeness (QED) is 0.646. The van der Waals surface area contributed by atoms with Crippen molar-refractivity contribution in [2.24, 2.45) is 4.99 Å². The lowest BCUT2D eigenvalue weighted by molar-refractivity contribution is 0.100. The molecule has 0 aliphatic carbocycles. The van der Waals surface area contributed by atoms with Crippen LogP contribution in [0.4, 0.5) is 0 Å². The van der Waals surface area contributed by atoms with Crippen LogP contribution in [0.15, 0.2) is 47.5 Å². The molecule has 0 saturated carbocycles. The maximum Gasteiger partial charge on any atom is 0.276 e. The van der Waals surface area contributed by atoms with E-state index in [1.54, 1.807) is 13.0 Å². The molecule has 2 nitrogen and oxygen atoms in total. The molecule has 0 atom stereocenters. The first-order chi connectivity index (χ1) is 7.31. The highest BCUT2D eigenvalue weighted by Crippen LogP contribution is 2.15. The van der Waals surface area contributed by atoms with E-state index in [4.69, 9.17) is 0 Å². The normalized spacial score (nSPS) is 11.0. The highest BCUT2D eigenvalue weighted by molar-refractivity contribution is 6.01. The van der Waals surface area contributed by atoms with Crippen LogP contribution in [0.3, 0.4) is 0 Å². The van der Waals surface area contributed by atoms with E-state index < -0.39 is 0 Å². The van der Waals surface area contributed by atoms with Crippen molar-refractivity contribution in [1.82, 2.24) is 0 Å². The third-order valence-electron chi connectivity index (χ3n) is 2.24. The summed E-state index contributed by atoms with van der Waals surface area (Å²) in [5.74, 6) is -0.191. The van der Waals surface area contributed by atoms with Crippen molar-refractivity contribution in [1.29, 1.82) is 0 Å². The van der Waals surface area contributed by atoms with E-state index in [9.17, 15) is 4.79 Å². The zero-order valence-electron chi connectivity index (χ0n) is 8.47. The van der Waals surface area contributed by atoms with E-state index in [0.717, 1.165) is 10.8 Å². The Morgan fingerprint density at radius 3 is 2.60 bits per heavy atom. The van der Waals surface area contributed by atoms with E-state index in [-0.39, 0.29) is 5.91 Å². The molecular weight excluding hydrogens is 186 g/mol. The molecule has 0 radical (unpaired) electrons. The molecule has 74 valence electrons. The van der Waals surface area contributed by atoms with Crippen LogP contribution >= 0.6 is 0 Å². The summed E-state index contributed by atoms with van der Waals surface area (Å²) in [5.41, 5.74) is 0.631. The van der Waals surface area contributed by atoms with Crippen LogP contribution in [-0.2, 0) is 0 Å². The van der Waals surface area contributed by atoms with Gasteiger partial charge in [0.15, 0.2) is 0 Å². The lowest BCUT2D eigenvalue weighted by Crippen LogP contribution is -1.94. The maximum atomic E-state index is 11.5. The molecule has 0 aliphatic heterocycles. The summed E-state index contributed by atoms with van der Waals surface area (Å²) in [5, 5.41) is 2.20. The van der Waals surface area contributed by atoms with Gasteiger partial charge in [-0.05, 0) is 29.8 Å². The lowest BCUT2D eigenvalue weighted by Gasteiger charge is -1.99. The van der Waals surface area contributed by atoms with Gasteiger partial charge in [-0.15, -0.1) is 0 Å². The molecule has 2 aromatic rings. The van der Waals surface area contributed by atoms with Crippen molar-refractivity contribution in [3.05, 3.63) is 48.0 Å². The standard InChI is InChI=1S/C13H11NO/c1-2-14-13(15)12-8-7-10-5-3-4-6-11(10)9-12/h2-9H,1H3/b14-2+. The van der Waals surface area contributed by atoms with Crippen molar-refractivity contribution in [3.63, 3.8) is 0 Å². The van der Waals surface area contributed by atoms with E-state index in [2.05, 4.69) is 4.99 Å². The highest BCUT2D eigenvalue weighted by Gasteiger charge is 2.02. The number of amides is 1. The zero-order valence-corrected chi connectivity index (χ0v) is 8.47. The fourth-order valence-electron chi connectivity index (χ4n) is 1.51. The van der Waals surface area contributed by atoms with Crippen LogP contribution in [0.1, 0.15) is 17.3 Å². The van der Waals surface area contributed by atoms with Crippen LogP contribution in [0, 0.1) is 0 Å². The number of hydrogen-bond donors (Lipinski definition) is 0. The zero-order chi connectivity index (χ0) is 10.7. The van der Waals surface area contributed by atoms with Crippen molar-refractivity contribution in [2.75, 3.05) is 0 Å². The maximum absolute atomic E-state index is 11.5. The van der Waals surface area contributed by atoms with Gasteiger partial charge in [-0.25, -0.2) is 4.99 Å². The molecule has 0 bridgehead atoms. The second-order valence-electron chi connectivity index (χ2n) is 3.25. The van der Waals surface area contributed by atoms with Gasteiger partial charge in [-0.3, -0.25) is 4.79 Å². The van der Waals surface area contributed by atoms with Crippen LogP contribution in [0.5, 0.6) is 0 Å². The van der Waals surface area contributed by atoms with E-state index in [1.807, 2.05) is 36.4 Å². The van der Waals surface area contributed by atoms with E-state index >= 15 is 0 Å². The smallest absolute Gasteiger partial charge is 0.267 e. The predicted octanol–water partition coefficient (Wildman–Crippen LogP) is 3.07. The summed E-state index contributed by atoms with van der Waals surface area (Å²) < 4.78 is 0. The Morgan fingerprint density at radius 1 is 1.13 bits per heavy atom. The Balaban J connectivity index is 2.51. The van der Waals surface area contributed by atoms with Crippen LogP contribution in [-0.4, -0.2) is 12.1 Å². The first-order valence-corrected chi connectivity index (χ1v) is 4.83. The second-order valence-corrected chi connectivity index (χ2v) is 3.25. The number of carbonyl (C=O) groups is 1. The molecule has 2 rings (SSSR count). The van der Waals surface area contributed by atoms with Gasteiger partial charge in [-0.1, -0.05) is 30.3 Å². The number of carbonyl (C=O) groups excluding carboxylic acids is 1. The minimum atomic E-state index is -0.191. The molecule has 0 aliphatic rings. The molecule has 0 unspecified atom stereocenters. The minimum absolute atomic E-state index is 0.191. The van der Waals surface area contributed by atoms with Crippen LogP contribution in [0.25, 0.3) is 10.8 Å². The average molecular weight is 197 g/mol. The summed E-state index contributed by atoms with van der Waals surface area (Å²) in [6.45, 7) is 1.74. The van der Waals surface area contributed by atoms with Gasteiger partial charge in [0.25, 0.3) is 5.91 Å². The number of aliphatic imine (C=N–C) groups is 1. The monoisotopic (exact) mass is 197 g/mol. The van der Waals surface area contributed by atoms with E-state index in [1.165, 1.54) is 6.21 Å². The Kier molecular flexibility index (Phi) is 2.59. The number of hydrogen-bond acceptors (Lipinski definition) is 1. The number of rotatable bonds is 1. The third kappa shape index (κ3) is 1.94. The molecule has 0 fully saturated rings. The van der Waals surface area contributed by atoms with Gasteiger partial charge in [0.1, 0.15) is 0 Å². The topological polar surface area (TPSA) is 29.4 Å². The summed E-state index contributed by atoms with van der Waals surface area (Å²) in [6.07, 6.45) is 1.51. The molecule has 0 spiro atoms. The molecular formula is C13H11NO. The summed E-state index contributed by atoms with van der Waals surface area (Å²) in [6, 6.07) is 13.6. The van der Waals surface area contributed by atoms with Gasteiger partial charge in [0.2, 0.25) is 0 Å². The fraction of sp³-hybridized carbons (Fsp3) is 0.0769. The molecule has 0 N–H and O–H groups in total. The molecule has 2 heteroatoms. The van der Waals surface area contributed by atoms with Crippen molar-refractivity contribution < 1.29 is 4.79 Å². The summed E-state index contributed by atoms with van der Waals surface area (Å²) in [4.78, 5) is 15.2. The molecule has 15 heavy (non-hydrogen) atoms. The third-order valence-corrected chi connectivity index (χ3v) is 2.24. The molecule has 0 saturated heterocycles. The van der Waals surface area contributed by atoms with Gasteiger partial charge < -0.3 is 0 Å². The Morgan fingerprint density at radius 2 is 1.87 bits per heavy atom. The van der Waals surface area contributed by atoms with Gasteiger partial charge in [0, 0.05) is 11.8 Å². The fourth-order valence-corrected chi connectivity index (χ4v) is 1.51. The molecule has 2 aromatic carbocycles. The highest BCUT2D eigenvalue weighted by atomic mass is 16.1. The Bertz CT molecular complexity index is 529. The Labute approximate surface area is 88.3 Å². The van der Waals surface area contributed by atoms with Crippen molar-refractivity contribution in [3.8, 4) is 0 Å². The van der Waals surface area contributed by atoms with Gasteiger partial charge in [0.05, 0.1) is 0 Å². The minimum Gasteiger partial charge on any atom is -0.267 e. The Hall–Kier alpha value is -1.96.